The first-order valence-corrected chi connectivity index (χ1v) is 11.3. The number of hydrogen-bond acceptors (Lipinski definition) is 1. The van der Waals surface area contributed by atoms with Crippen molar-refractivity contribution in [2.45, 2.75) is 112 Å². The molecule has 2 rings (SSSR count). The van der Waals surface area contributed by atoms with Gasteiger partial charge in [0.2, 0.25) is 0 Å². The van der Waals surface area contributed by atoms with Crippen molar-refractivity contribution >= 4 is 0 Å². The van der Waals surface area contributed by atoms with Gasteiger partial charge in [-0.3, -0.25) is 0 Å². The standard InChI is InChI=1S/C29H44O/c1-18-21(14-19(26(2,3)4)16-23(18)28(8,9)10)22-15-20(27(5,6)7)17-24(25(22)30)29(11,12)13/h14-17,30H,1-13H3. The molecular weight excluding hydrogens is 364 g/mol. The molecule has 0 bridgehead atoms. The van der Waals surface area contributed by atoms with E-state index in [4.69, 9.17) is 0 Å². The summed E-state index contributed by atoms with van der Waals surface area (Å²) >= 11 is 0. The number of phenolic OH excluding ortho intramolecular Hbond substituents is 1. The Labute approximate surface area is 185 Å². The average molecular weight is 409 g/mol. The van der Waals surface area contributed by atoms with Crippen LogP contribution in [0.3, 0.4) is 0 Å². The summed E-state index contributed by atoms with van der Waals surface area (Å²) in [4.78, 5) is 0. The van der Waals surface area contributed by atoms with E-state index in [0.717, 1.165) is 16.7 Å². The van der Waals surface area contributed by atoms with E-state index < -0.39 is 0 Å². The second-order valence-electron chi connectivity index (χ2n) is 13.1. The molecule has 0 aromatic heterocycles. The summed E-state index contributed by atoms with van der Waals surface area (Å²) in [6.45, 7) is 29.1. The van der Waals surface area contributed by atoms with Crippen molar-refractivity contribution < 1.29 is 5.11 Å². The summed E-state index contributed by atoms with van der Waals surface area (Å²) in [5.74, 6) is 0.421. The minimum Gasteiger partial charge on any atom is -0.507 e. The third kappa shape index (κ3) is 4.93. The van der Waals surface area contributed by atoms with Crippen molar-refractivity contribution in [3.8, 4) is 16.9 Å². The van der Waals surface area contributed by atoms with Gasteiger partial charge in [0.1, 0.15) is 5.75 Å². The van der Waals surface area contributed by atoms with Crippen molar-refractivity contribution in [1.29, 1.82) is 0 Å². The van der Waals surface area contributed by atoms with Crippen LogP contribution in [-0.4, -0.2) is 5.11 Å². The second-order valence-corrected chi connectivity index (χ2v) is 13.1. The van der Waals surface area contributed by atoms with Gasteiger partial charge in [0, 0.05) is 11.1 Å². The molecule has 0 spiro atoms. The molecule has 1 heteroatoms. The van der Waals surface area contributed by atoms with Crippen LogP contribution >= 0.6 is 0 Å². The van der Waals surface area contributed by atoms with Crippen LogP contribution in [0, 0.1) is 6.92 Å². The fraction of sp³-hybridized carbons (Fsp3) is 0.586. The Hall–Kier alpha value is -1.76. The molecular formula is C29H44O. The molecule has 1 N–H and O–H groups in total. The Bertz CT molecular complexity index is 853. The van der Waals surface area contributed by atoms with Crippen LogP contribution in [0.5, 0.6) is 5.75 Å². The number of benzene rings is 2. The summed E-state index contributed by atoms with van der Waals surface area (Å²) in [7, 11) is 0. The van der Waals surface area contributed by atoms with Gasteiger partial charge in [0.25, 0.3) is 0 Å². The Morgan fingerprint density at radius 3 is 1.23 bits per heavy atom. The molecule has 2 aromatic rings. The SMILES string of the molecule is Cc1c(-c2cc(C(C)(C)C)cc(C(C)(C)C)c2O)cc(C(C)(C)C)cc1C(C)(C)C. The van der Waals surface area contributed by atoms with Crippen LogP contribution in [0.4, 0.5) is 0 Å². The first-order chi connectivity index (χ1) is 13.2. The highest BCUT2D eigenvalue weighted by atomic mass is 16.3. The lowest BCUT2D eigenvalue weighted by molar-refractivity contribution is 0.446. The third-order valence-electron chi connectivity index (χ3n) is 6.16. The van der Waals surface area contributed by atoms with Crippen molar-refractivity contribution in [3.63, 3.8) is 0 Å². The van der Waals surface area contributed by atoms with Gasteiger partial charge in [-0.05, 0) is 62.5 Å². The maximum atomic E-state index is 11.5. The fourth-order valence-electron chi connectivity index (χ4n) is 4.05. The zero-order chi connectivity index (χ0) is 23.4. The highest BCUT2D eigenvalue weighted by molar-refractivity contribution is 5.78. The minimum absolute atomic E-state index is 0.00481. The quantitative estimate of drug-likeness (QED) is 0.501. The van der Waals surface area contributed by atoms with Gasteiger partial charge in [-0.2, -0.15) is 0 Å². The maximum Gasteiger partial charge on any atom is 0.127 e. The molecule has 0 atom stereocenters. The van der Waals surface area contributed by atoms with E-state index in [1.54, 1.807) is 0 Å². The van der Waals surface area contributed by atoms with Crippen molar-refractivity contribution in [2.75, 3.05) is 0 Å². The predicted octanol–water partition coefficient (Wildman–Crippen LogP) is 8.56. The molecule has 166 valence electrons. The van der Waals surface area contributed by atoms with Gasteiger partial charge in [0.05, 0.1) is 0 Å². The van der Waals surface area contributed by atoms with Gasteiger partial charge < -0.3 is 5.11 Å². The van der Waals surface area contributed by atoms with Crippen LogP contribution in [-0.2, 0) is 21.7 Å². The molecule has 0 aliphatic carbocycles. The maximum absolute atomic E-state index is 11.5. The van der Waals surface area contributed by atoms with Crippen molar-refractivity contribution in [1.82, 2.24) is 0 Å². The van der Waals surface area contributed by atoms with Crippen LogP contribution < -0.4 is 0 Å². The molecule has 1 nitrogen and oxygen atoms in total. The molecule has 30 heavy (non-hydrogen) atoms. The highest BCUT2D eigenvalue weighted by Crippen LogP contribution is 2.45. The summed E-state index contributed by atoms with van der Waals surface area (Å²) < 4.78 is 0. The molecule has 0 amide bonds. The summed E-state index contributed by atoms with van der Waals surface area (Å²) in [5.41, 5.74) is 8.25. The Balaban J connectivity index is 3.03. The largest absolute Gasteiger partial charge is 0.507 e. The third-order valence-corrected chi connectivity index (χ3v) is 6.16. The van der Waals surface area contributed by atoms with E-state index in [9.17, 15) is 5.11 Å². The van der Waals surface area contributed by atoms with E-state index in [-0.39, 0.29) is 21.7 Å². The lowest BCUT2D eigenvalue weighted by Gasteiger charge is -2.31. The van der Waals surface area contributed by atoms with Crippen molar-refractivity contribution in [3.05, 3.63) is 52.1 Å². The molecule has 0 heterocycles. The number of rotatable bonds is 1. The number of phenols is 1. The van der Waals surface area contributed by atoms with E-state index in [0.29, 0.717) is 5.75 Å². The monoisotopic (exact) mass is 408 g/mol. The minimum atomic E-state index is -0.136. The van der Waals surface area contributed by atoms with E-state index >= 15 is 0 Å². The van der Waals surface area contributed by atoms with E-state index in [1.807, 2.05) is 0 Å². The van der Waals surface area contributed by atoms with Gasteiger partial charge in [-0.15, -0.1) is 0 Å². The van der Waals surface area contributed by atoms with Crippen LogP contribution in [0.2, 0.25) is 0 Å². The first kappa shape index (κ1) is 24.5. The Kier molecular flexibility index (Phi) is 6.07. The summed E-state index contributed by atoms with van der Waals surface area (Å²) in [6, 6.07) is 9.09. The molecule has 0 radical (unpaired) electrons. The van der Waals surface area contributed by atoms with Gasteiger partial charge in [-0.25, -0.2) is 0 Å². The zero-order valence-electron chi connectivity index (χ0n) is 21.8. The van der Waals surface area contributed by atoms with Crippen LogP contribution in [0.1, 0.15) is 111 Å². The number of hydrogen-bond donors (Lipinski definition) is 1. The highest BCUT2D eigenvalue weighted by Gasteiger charge is 2.28. The molecule has 2 aromatic carbocycles. The summed E-state index contributed by atoms with van der Waals surface area (Å²) in [5, 5.41) is 11.5. The van der Waals surface area contributed by atoms with E-state index in [2.05, 4.69) is 114 Å². The fourth-order valence-corrected chi connectivity index (χ4v) is 4.05. The zero-order valence-corrected chi connectivity index (χ0v) is 21.8. The normalized spacial score (nSPS) is 13.6. The Morgan fingerprint density at radius 2 is 0.867 bits per heavy atom. The molecule has 0 saturated heterocycles. The topological polar surface area (TPSA) is 20.2 Å². The van der Waals surface area contributed by atoms with Crippen LogP contribution in [0.15, 0.2) is 24.3 Å². The smallest absolute Gasteiger partial charge is 0.127 e. The van der Waals surface area contributed by atoms with Gasteiger partial charge >= 0.3 is 0 Å². The average Bonchev–Trinajstić information content (AvgIpc) is 2.51. The lowest BCUT2D eigenvalue weighted by atomic mass is 9.74. The molecule has 0 aliphatic rings. The van der Waals surface area contributed by atoms with Crippen LogP contribution in [0.25, 0.3) is 11.1 Å². The first-order valence-electron chi connectivity index (χ1n) is 11.3. The van der Waals surface area contributed by atoms with E-state index in [1.165, 1.54) is 22.3 Å². The molecule has 0 unspecified atom stereocenters. The second kappa shape index (κ2) is 7.43. The molecule has 0 saturated carbocycles. The van der Waals surface area contributed by atoms with Gasteiger partial charge in [-0.1, -0.05) is 101 Å². The van der Waals surface area contributed by atoms with Crippen molar-refractivity contribution in [2.24, 2.45) is 0 Å². The Morgan fingerprint density at radius 1 is 0.500 bits per heavy atom. The predicted molar refractivity (Wildman–Crippen MR) is 133 cm³/mol. The lowest BCUT2D eigenvalue weighted by Crippen LogP contribution is -2.19. The number of aromatic hydroxyl groups is 1. The molecule has 0 aliphatic heterocycles. The van der Waals surface area contributed by atoms with Gasteiger partial charge in [0.15, 0.2) is 0 Å². The molecule has 0 fully saturated rings. The summed E-state index contributed by atoms with van der Waals surface area (Å²) in [6.07, 6.45) is 0.